The molecule has 5 nitrogen and oxygen atoms in total. The summed E-state index contributed by atoms with van der Waals surface area (Å²) in [6.45, 7) is 2.87. The monoisotopic (exact) mass is 487 g/mol. The molecule has 0 bridgehead atoms. The molecule has 6 heteroatoms. The number of nitrogens with one attached hydrogen (secondary N) is 1. The third-order valence-electron chi connectivity index (χ3n) is 7.54. The van der Waals surface area contributed by atoms with E-state index in [0.29, 0.717) is 25.2 Å². The first kappa shape index (κ1) is 23.7. The predicted octanol–water partition coefficient (Wildman–Crippen LogP) is 5.39. The van der Waals surface area contributed by atoms with Gasteiger partial charge in [0.25, 0.3) is 5.91 Å². The highest BCUT2D eigenvalue weighted by Gasteiger charge is 2.48. The molecular weight excluding hydrogens is 454 g/mol. The molecule has 0 spiro atoms. The largest absolute Gasteiger partial charge is 0.351 e. The van der Waals surface area contributed by atoms with Gasteiger partial charge in [0.2, 0.25) is 5.91 Å². The van der Waals surface area contributed by atoms with Gasteiger partial charge in [-0.25, -0.2) is 0 Å². The van der Waals surface area contributed by atoms with Crippen LogP contribution in [0.2, 0.25) is 0 Å². The maximum Gasteiger partial charge on any atom is 0.271 e. The fourth-order valence-corrected chi connectivity index (χ4v) is 5.84. The molecule has 182 valence electrons. The lowest BCUT2D eigenvalue weighted by molar-refractivity contribution is -0.133. The van der Waals surface area contributed by atoms with Crippen LogP contribution in [-0.2, 0) is 17.8 Å². The van der Waals surface area contributed by atoms with Crippen molar-refractivity contribution in [3.63, 3.8) is 0 Å². The van der Waals surface area contributed by atoms with Crippen molar-refractivity contribution in [3.05, 3.63) is 78.0 Å². The predicted molar refractivity (Wildman–Crippen MR) is 142 cm³/mol. The van der Waals surface area contributed by atoms with Crippen LogP contribution in [0.4, 0.5) is 0 Å². The number of rotatable bonds is 7. The number of nitrogens with zero attached hydrogens (tertiary/aromatic N) is 2. The minimum absolute atomic E-state index is 0.0474. The molecule has 1 unspecified atom stereocenters. The highest BCUT2D eigenvalue weighted by atomic mass is 32.2. The molecule has 1 saturated carbocycles. The number of fused-ring (bicyclic) bond motifs is 1. The maximum atomic E-state index is 13.9. The topological polar surface area (TPSA) is 54.3 Å². The minimum Gasteiger partial charge on any atom is -0.351 e. The van der Waals surface area contributed by atoms with Crippen LogP contribution < -0.4 is 5.32 Å². The summed E-state index contributed by atoms with van der Waals surface area (Å²) in [7, 11) is 0. The summed E-state index contributed by atoms with van der Waals surface area (Å²) in [5, 5.41) is 3.29. The molecule has 0 saturated heterocycles. The van der Waals surface area contributed by atoms with Crippen molar-refractivity contribution >= 4 is 23.6 Å². The van der Waals surface area contributed by atoms with Crippen molar-refractivity contribution < 1.29 is 9.59 Å². The smallest absolute Gasteiger partial charge is 0.271 e. The summed E-state index contributed by atoms with van der Waals surface area (Å²) >= 11 is 1.72. The Bertz CT molecular complexity index is 1200. The third kappa shape index (κ3) is 4.64. The van der Waals surface area contributed by atoms with Gasteiger partial charge >= 0.3 is 0 Å². The SMILES string of the molecule is CSc1ccc(CCN2C(=O)c3ccc(-c4ccccc4)n3CC2(C)C(=O)NC2CCCC2)cc1. The number of aromatic nitrogens is 1. The summed E-state index contributed by atoms with van der Waals surface area (Å²) in [5.74, 6) is -0.128. The van der Waals surface area contributed by atoms with Gasteiger partial charge in [-0.3, -0.25) is 9.59 Å². The van der Waals surface area contributed by atoms with E-state index in [4.69, 9.17) is 0 Å². The molecule has 1 aliphatic heterocycles. The van der Waals surface area contributed by atoms with Gasteiger partial charge in [-0.15, -0.1) is 11.8 Å². The molecule has 0 radical (unpaired) electrons. The lowest BCUT2D eigenvalue weighted by Gasteiger charge is -2.45. The van der Waals surface area contributed by atoms with E-state index in [-0.39, 0.29) is 17.9 Å². The first-order chi connectivity index (χ1) is 17.0. The van der Waals surface area contributed by atoms with E-state index in [1.165, 1.54) is 10.5 Å². The van der Waals surface area contributed by atoms with Gasteiger partial charge in [0.15, 0.2) is 0 Å². The lowest BCUT2D eigenvalue weighted by atomic mass is 9.93. The number of thioether (sulfide) groups is 1. The van der Waals surface area contributed by atoms with E-state index >= 15 is 0 Å². The zero-order valence-electron chi connectivity index (χ0n) is 20.5. The molecule has 1 fully saturated rings. The fourth-order valence-electron chi connectivity index (χ4n) is 5.43. The molecule has 2 heterocycles. The number of benzene rings is 2. The number of carbonyl (C=O) groups excluding carboxylic acids is 2. The molecular formula is C29H33N3O2S. The van der Waals surface area contributed by atoms with Crippen molar-refractivity contribution in [1.29, 1.82) is 0 Å². The second kappa shape index (κ2) is 9.94. The molecule has 2 aromatic carbocycles. The summed E-state index contributed by atoms with van der Waals surface area (Å²) in [5.41, 5.74) is 2.87. The summed E-state index contributed by atoms with van der Waals surface area (Å²) in [6, 6.07) is 22.7. The highest BCUT2D eigenvalue weighted by molar-refractivity contribution is 7.98. The molecule has 3 aromatic rings. The van der Waals surface area contributed by atoms with E-state index in [2.05, 4.69) is 35.8 Å². The van der Waals surface area contributed by atoms with Crippen molar-refractivity contribution in [2.45, 2.75) is 62.0 Å². The zero-order valence-corrected chi connectivity index (χ0v) is 21.3. The van der Waals surface area contributed by atoms with E-state index in [0.717, 1.165) is 36.9 Å². The second-order valence-electron chi connectivity index (χ2n) is 9.84. The van der Waals surface area contributed by atoms with Crippen molar-refractivity contribution in [3.8, 4) is 11.3 Å². The Labute approximate surface area is 211 Å². The van der Waals surface area contributed by atoms with Crippen LogP contribution in [0.15, 0.2) is 71.6 Å². The van der Waals surface area contributed by atoms with Gasteiger partial charge in [0, 0.05) is 23.2 Å². The average molecular weight is 488 g/mol. The van der Waals surface area contributed by atoms with Gasteiger partial charge in [-0.05, 0) is 67.8 Å². The molecule has 1 aromatic heterocycles. The zero-order chi connectivity index (χ0) is 24.4. The Morgan fingerprint density at radius 3 is 2.37 bits per heavy atom. The highest BCUT2D eigenvalue weighted by Crippen LogP contribution is 2.34. The van der Waals surface area contributed by atoms with Crippen LogP contribution >= 0.6 is 11.8 Å². The maximum absolute atomic E-state index is 13.9. The Kier molecular flexibility index (Phi) is 6.74. The van der Waals surface area contributed by atoms with E-state index in [1.54, 1.807) is 11.8 Å². The molecule has 5 rings (SSSR count). The van der Waals surface area contributed by atoms with Gasteiger partial charge in [0.1, 0.15) is 11.2 Å². The van der Waals surface area contributed by atoms with Crippen molar-refractivity contribution in [2.24, 2.45) is 0 Å². The quantitative estimate of drug-likeness (QED) is 0.455. The van der Waals surface area contributed by atoms with Crippen LogP contribution in [0.1, 0.15) is 48.7 Å². The lowest BCUT2D eigenvalue weighted by Crippen LogP contribution is -2.65. The Morgan fingerprint density at radius 2 is 1.69 bits per heavy atom. The van der Waals surface area contributed by atoms with Crippen LogP contribution in [0.5, 0.6) is 0 Å². The van der Waals surface area contributed by atoms with Gasteiger partial charge in [0.05, 0.1) is 6.54 Å². The first-order valence-electron chi connectivity index (χ1n) is 12.5. The summed E-state index contributed by atoms with van der Waals surface area (Å²) < 4.78 is 2.04. The molecule has 1 aliphatic carbocycles. The standard InChI is InChI=1S/C29H33N3O2S/c1-29(28(34)30-23-10-6-7-11-23)20-31-25(22-8-4-3-5-9-22)16-17-26(31)27(33)32(29)19-18-21-12-14-24(35-2)15-13-21/h3-5,8-9,12-17,23H,6-7,10-11,18-20H2,1-2H3,(H,30,34). The molecule has 1 atom stereocenters. The third-order valence-corrected chi connectivity index (χ3v) is 8.28. The van der Waals surface area contributed by atoms with E-state index in [9.17, 15) is 9.59 Å². The molecule has 2 amide bonds. The van der Waals surface area contributed by atoms with Gasteiger partial charge in [-0.1, -0.05) is 55.3 Å². The van der Waals surface area contributed by atoms with Crippen molar-refractivity contribution in [1.82, 2.24) is 14.8 Å². The normalized spacial score (nSPS) is 20.2. The van der Waals surface area contributed by atoms with Crippen LogP contribution in [0, 0.1) is 0 Å². The first-order valence-corrected chi connectivity index (χ1v) is 13.7. The number of carbonyl (C=O) groups is 2. The number of amides is 2. The second-order valence-corrected chi connectivity index (χ2v) is 10.7. The molecule has 35 heavy (non-hydrogen) atoms. The van der Waals surface area contributed by atoms with E-state index in [1.807, 2.05) is 58.9 Å². The Balaban J connectivity index is 1.47. The van der Waals surface area contributed by atoms with Gasteiger partial charge in [-0.2, -0.15) is 0 Å². The summed E-state index contributed by atoms with van der Waals surface area (Å²) in [4.78, 5) is 30.7. The van der Waals surface area contributed by atoms with E-state index < -0.39 is 5.54 Å². The Morgan fingerprint density at radius 1 is 1.00 bits per heavy atom. The molecule has 1 N–H and O–H groups in total. The number of hydrogen-bond acceptors (Lipinski definition) is 3. The minimum atomic E-state index is -0.964. The Hall–Kier alpha value is -2.99. The number of hydrogen-bond donors (Lipinski definition) is 1. The molecule has 2 aliphatic rings. The van der Waals surface area contributed by atoms with Crippen LogP contribution in [0.25, 0.3) is 11.3 Å². The summed E-state index contributed by atoms with van der Waals surface area (Å²) in [6.07, 6.45) is 7.10. The van der Waals surface area contributed by atoms with Gasteiger partial charge < -0.3 is 14.8 Å². The average Bonchev–Trinajstić information content (AvgIpc) is 3.55. The van der Waals surface area contributed by atoms with Crippen molar-refractivity contribution in [2.75, 3.05) is 12.8 Å². The van der Waals surface area contributed by atoms with Crippen LogP contribution in [-0.4, -0.2) is 45.7 Å². The van der Waals surface area contributed by atoms with Crippen LogP contribution in [0.3, 0.4) is 0 Å². The fraction of sp³-hybridized carbons (Fsp3) is 0.379.